The smallest absolute Gasteiger partial charge is 0.0781 e. The molecule has 0 bridgehead atoms. The highest BCUT2D eigenvalue weighted by atomic mass is 16.6. The predicted molar refractivity (Wildman–Crippen MR) is 99.2 cm³/mol. The molecule has 0 amide bonds. The maximum absolute atomic E-state index is 9.04. The van der Waals surface area contributed by atoms with Crippen molar-refractivity contribution in [1.82, 2.24) is 0 Å². The third-order valence-electron chi connectivity index (χ3n) is 2.99. The van der Waals surface area contributed by atoms with Crippen LogP contribution in [-0.2, 0) is 18.9 Å². The summed E-state index contributed by atoms with van der Waals surface area (Å²) in [7, 11) is 0. The molecule has 0 saturated heterocycles. The van der Waals surface area contributed by atoms with Gasteiger partial charge in [-0.25, -0.2) is 0 Å². The van der Waals surface area contributed by atoms with Gasteiger partial charge in [0.25, 0.3) is 0 Å². The largest absolute Gasteiger partial charge is 0.394 e. The Kier molecular flexibility index (Phi) is 19.4. The second-order valence-corrected chi connectivity index (χ2v) is 6.64. The van der Waals surface area contributed by atoms with Gasteiger partial charge in [0.15, 0.2) is 0 Å². The van der Waals surface area contributed by atoms with Crippen LogP contribution < -0.4 is 0 Å². The van der Waals surface area contributed by atoms with E-state index in [4.69, 9.17) is 39.4 Å². The van der Waals surface area contributed by atoms with E-state index in [-0.39, 0.29) is 37.6 Å². The molecule has 0 rings (SSSR count). The summed E-state index contributed by atoms with van der Waals surface area (Å²) in [5.74, 6) is 0. The topological polar surface area (TPSA) is 118 Å². The van der Waals surface area contributed by atoms with E-state index in [1.165, 1.54) is 0 Å². The van der Waals surface area contributed by atoms with E-state index < -0.39 is 12.2 Å². The summed E-state index contributed by atoms with van der Waals surface area (Å²) in [5, 5.41) is 35.0. The molecule has 26 heavy (non-hydrogen) atoms. The Bertz CT molecular complexity index is 288. The molecule has 0 heterocycles. The number of ether oxygens (including phenoxy) is 4. The monoisotopic (exact) mass is 384 g/mol. The zero-order valence-electron chi connectivity index (χ0n) is 17.1. The Labute approximate surface area is 158 Å². The fourth-order valence-corrected chi connectivity index (χ4v) is 1.41. The van der Waals surface area contributed by atoms with Gasteiger partial charge >= 0.3 is 0 Å². The summed E-state index contributed by atoms with van der Waals surface area (Å²) in [6, 6.07) is 0. The van der Waals surface area contributed by atoms with Crippen molar-refractivity contribution in [3.8, 4) is 0 Å². The van der Waals surface area contributed by atoms with Crippen LogP contribution in [-0.4, -0.2) is 96.7 Å². The number of hydrogen-bond acceptors (Lipinski definition) is 8. The lowest BCUT2D eigenvalue weighted by Gasteiger charge is -2.19. The third kappa shape index (κ3) is 21.7. The number of aliphatic hydroxyl groups excluding tert-OH is 4. The van der Waals surface area contributed by atoms with Gasteiger partial charge in [0.05, 0.1) is 76.3 Å². The summed E-state index contributed by atoms with van der Waals surface area (Å²) >= 11 is 0. The summed E-state index contributed by atoms with van der Waals surface area (Å²) < 4.78 is 21.1. The van der Waals surface area contributed by atoms with Crippen LogP contribution in [0.3, 0.4) is 0 Å². The van der Waals surface area contributed by atoms with Crippen LogP contribution in [0.2, 0.25) is 0 Å². The van der Waals surface area contributed by atoms with Crippen molar-refractivity contribution in [2.45, 2.75) is 78.2 Å². The van der Waals surface area contributed by atoms with Crippen molar-refractivity contribution in [2.24, 2.45) is 0 Å². The molecule has 0 aliphatic rings. The first-order valence-electron chi connectivity index (χ1n) is 9.16. The Balaban J connectivity index is 0. The molecule has 0 aliphatic carbocycles. The molecule has 6 atom stereocenters. The molecule has 0 aromatic carbocycles. The highest BCUT2D eigenvalue weighted by Crippen LogP contribution is 2.00. The van der Waals surface area contributed by atoms with E-state index in [9.17, 15) is 0 Å². The zero-order valence-corrected chi connectivity index (χ0v) is 17.1. The van der Waals surface area contributed by atoms with Crippen LogP contribution in [0.1, 0.15) is 41.5 Å². The molecular weight excluding hydrogens is 344 g/mol. The second kappa shape index (κ2) is 18.1. The molecule has 6 unspecified atom stereocenters. The Morgan fingerprint density at radius 1 is 0.500 bits per heavy atom. The molecule has 0 spiro atoms. The van der Waals surface area contributed by atoms with Crippen molar-refractivity contribution < 1.29 is 39.4 Å². The Morgan fingerprint density at radius 2 is 0.769 bits per heavy atom. The quantitative estimate of drug-likeness (QED) is 0.339. The summed E-state index contributed by atoms with van der Waals surface area (Å²) in [5.41, 5.74) is 0. The minimum atomic E-state index is -0.455. The van der Waals surface area contributed by atoms with Gasteiger partial charge in [-0.1, -0.05) is 0 Å². The lowest BCUT2D eigenvalue weighted by molar-refractivity contribution is -0.0825. The molecular formula is C18H40O8. The van der Waals surface area contributed by atoms with Gasteiger partial charge < -0.3 is 39.4 Å². The molecule has 0 saturated carbocycles. The Morgan fingerprint density at radius 3 is 1.08 bits per heavy atom. The summed E-state index contributed by atoms with van der Waals surface area (Å²) in [4.78, 5) is 0. The van der Waals surface area contributed by atoms with E-state index in [1.807, 2.05) is 13.8 Å². The normalized spacial score (nSPS) is 18.2. The molecule has 4 N–H and O–H groups in total. The third-order valence-corrected chi connectivity index (χ3v) is 2.99. The van der Waals surface area contributed by atoms with E-state index in [1.54, 1.807) is 27.7 Å². The average Bonchev–Trinajstić information content (AvgIpc) is 2.60. The molecule has 0 fully saturated rings. The van der Waals surface area contributed by atoms with Crippen molar-refractivity contribution in [3.63, 3.8) is 0 Å². The average molecular weight is 385 g/mol. The minimum Gasteiger partial charge on any atom is -0.394 e. The SMILES string of the molecule is CC(O)COC(C)CO.CC(O)COC(C)COC(C)COC(C)CO. The first kappa shape index (κ1) is 27.9. The standard InChI is InChI=1S/C12H26O5.C6H14O3/c1-9(14)6-15-11(3)8-17-12(4)7-16-10(2)5-13;1-5(8)4-9-6(2)3-7/h9-14H,5-8H2,1-4H3;5-8H,3-4H2,1-2H3. The van der Waals surface area contributed by atoms with Gasteiger partial charge in [0.2, 0.25) is 0 Å². The highest BCUT2D eigenvalue weighted by Gasteiger charge is 2.10. The van der Waals surface area contributed by atoms with E-state index in [0.29, 0.717) is 26.4 Å². The number of aliphatic hydroxyl groups is 4. The molecule has 8 nitrogen and oxygen atoms in total. The zero-order chi connectivity index (χ0) is 20.5. The van der Waals surface area contributed by atoms with Gasteiger partial charge in [-0.2, -0.15) is 0 Å². The van der Waals surface area contributed by atoms with E-state index in [0.717, 1.165) is 0 Å². The highest BCUT2D eigenvalue weighted by molar-refractivity contribution is 4.55. The molecule has 0 aliphatic heterocycles. The van der Waals surface area contributed by atoms with Crippen LogP contribution in [0.25, 0.3) is 0 Å². The van der Waals surface area contributed by atoms with Gasteiger partial charge in [0.1, 0.15) is 0 Å². The lowest BCUT2D eigenvalue weighted by atomic mass is 10.3. The maximum Gasteiger partial charge on any atom is 0.0781 e. The van der Waals surface area contributed by atoms with Crippen LogP contribution in [0, 0.1) is 0 Å². The van der Waals surface area contributed by atoms with Crippen molar-refractivity contribution in [3.05, 3.63) is 0 Å². The van der Waals surface area contributed by atoms with Crippen LogP contribution in [0.15, 0.2) is 0 Å². The fourth-order valence-electron chi connectivity index (χ4n) is 1.41. The van der Waals surface area contributed by atoms with Crippen LogP contribution in [0.4, 0.5) is 0 Å². The van der Waals surface area contributed by atoms with Gasteiger partial charge in [-0.3, -0.25) is 0 Å². The second-order valence-electron chi connectivity index (χ2n) is 6.64. The minimum absolute atomic E-state index is 0.00667. The molecule has 0 radical (unpaired) electrons. The molecule has 8 heteroatoms. The summed E-state index contributed by atoms with van der Waals surface area (Å²) in [6.07, 6.45) is -1.32. The molecule has 0 aromatic heterocycles. The number of rotatable bonds is 14. The lowest BCUT2D eigenvalue weighted by Crippen LogP contribution is -2.27. The Hall–Kier alpha value is -0.320. The summed E-state index contributed by atoms with van der Waals surface area (Å²) in [6.45, 7) is 12.2. The van der Waals surface area contributed by atoms with E-state index in [2.05, 4.69) is 0 Å². The molecule has 0 aromatic rings. The number of hydrogen-bond donors (Lipinski definition) is 4. The first-order valence-corrected chi connectivity index (χ1v) is 9.16. The van der Waals surface area contributed by atoms with Crippen molar-refractivity contribution >= 4 is 0 Å². The van der Waals surface area contributed by atoms with Crippen LogP contribution in [0.5, 0.6) is 0 Å². The van der Waals surface area contributed by atoms with Gasteiger partial charge in [-0.05, 0) is 41.5 Å². The van der Waals surface area contributed by atoms with Crippen molar-refractivity contribution in [1.29, 1.82) is 0 Å². The molecule has 160 valence electrons. The van der Waals surface area contributed by atoms with Crippen molar-refractivity contribution in [2.75, 3.05) is 39.6 Å². The first-order chi connectivity index (χ1) is 12.1. The van der Waals surface area contributed by atoms with Gasteiger partial charge in [0, 0.05) is 0 Å². The predicted octanol–water partition coefficient (Wildman–Crippen LogP) is 0.339. The van der Waals surface area contributed by atoms with E-state index >= 15 is 0 Å². The fraction of sp³-hybridized carbons (Fsp3) is 1.00. The van der Waals surface area contributed by atoms with Gasteiger partial charge in [-0.15, -0.1) is 0 Å². The van der Waals surface area contributed by atoms with Crippen LogP contribution >= 0.6 is 0 Å². The maximum atomic E-state index is 9.04.